The van der Waals surface area contributed by atoms with Crippen molar-refractivity contribution in [2.75, 3.05) is 6.16 Å². The van der Waals surface area contributed by atoms with E-state index >= 15 is 0 Å². The Labute approximate surface area is 72.8 Å². The molecule has 0 fully saturated rings. The summed E-state index contributed by atoms with van der Waals surface area (Å²) in [5.41, 5.74) is 0. The van der Waals surface area contributed by atoms with Gasteiger partial charge in [-0.2, -0.15) is 14.7 Å². The topological polar surface area (TPSA) is 77.8 Å². The second kappa shape index (κ2) is 5.60. The van der Waals surface area contributed by atoms with Crippen LogP contribution in [-0.4, -0.2) is 26.6 Å². The third kappa shape index (κ3) is 8.08. The number of Topliss-reactive ketones (excluding diaryl/α,β-unsaturated/α-hetero) is 1. The molecule has 0 aliphatic carbocycles. The van der Waals surface area contributed by atoms with Gasteiger partial charge in [-0.15, -0.1) is 0 Å². The summed E-state index contributed by atoms with van der Waals surface area (Å²) in [5, 5.41) is 0. The van der Waals surface area contributed by atoms with Gasteiger partial charge >= 0.3 is 7.94 Å². The largest absolute Gasteiger partial charge is 0.403 e. The third-order valence-corrected chi connectivity index (χ3v) is 2.47. The molecule has 0 aromatic rings. The van der Waals surface area contributed by atoms with Crippen LogP contribution < -0.4 is 0 Å². The number of carbonyl (C=O) groups is 1. The van der Waals surface area contributed by atoms with E-state index < -0.39 is 7.94 Å². The molecular formula is C7H16O4P+. The van der Waals surface area contributed by atoms with Crippen molar-refractivity contribution in [3.8, 4) is 0 Å². The molecule has 0 bridgehead atoms. The summed E-state index contributed by atoms with van der Waals surface area (Å²) in [6.45, 7) is 1.80. The van der Waals surface area contributed by atoms with Crippen molar-refractivity contribution in [3.63, 3.8) is 0 Å². The van der Waals surface area contributed by atoms with Gasteiger partial charge in [-0.3, -0.25) is 4.79 Å². The van der Waals surface area contributed by atoms with Crippen LogP contribution >= 0.6 is 7.94 Å². The van der Waals surface area contributed by atoms with Gasteiger partial charge in [0.25, 0.3) is 0 Å². The highest BCUT2D eigenvalue weighted by Gasteiger charge is 2.28. The zero-order valence-corrected chi connectivity index (χ0v) is 8.13. The maximum absolute atomic E-state index is 10.8. The van der Waals surface area contributed by atoms with Crippen molar-refractivity contribution in [3.05, 3.63) is 0 Å². The van der Waals surface area contributed by atoms with E-state index in [2.05, 4.69) is 0 Å². The summed E-state index contributed by atoms with van der Waals surface area (Å²) >= 11 is 0. The lowest BCUT2D eigenvalue weighted by atomic mass is 10.1. The summed E-state index contributed by atoms with van der Waals surface area (Å²) in [7, 11) is -3.60. The van der Waals surface area contributed by atoms with Crippen LogP contribution in [-0.2, 0) is 4.79 Å². The molecule has 0 aliphatic rings. The highest BCUT2D eigenvalue weighted by molar-refractivity contribution is 7.58. The van der Waals surface area contributed by atoms with Gasteiger partial charge in [0.2, 0.25) is 0 Å². The maximum atomic E-state index is 10.8. The number of hydrogen-bond donors (Lipinski definition) is 3. The zero-order valence-electron chi connectivity index (χ0n) is 7.23. The van der Waals surface area contributed by atoms with Crippen LogP contribution in [0.3, 0.4) is 0 Å². The predicted octanol–water partition coefficient (Wildman–Crippen LogP) is 0.875. The highest BCUT2D eigenvalue weighted by Crippen LogP contribution is 2.45. The van der Waals surface area contributed by atoms with Crippen LogP contribution in [0.1, 0.15) is 32.6 Å². The first-order chi connectivity index (χ1) is 5.45. The summed E-state index contributed by atoms with van der Waals surface area (Å²) < 4.78 is 0. The third-order valence-electron chi connectivity index (χ3n) is 1.56. The van der Waals surface area contributed by atoms with Gasteiger partial charge in [-0.05, 0) is 12.8 Å². The van der Waals surface area contributed by atoms with Gasteiger partial charge in [0.1, 0.15) is 11.9 Å². The molecule has 0 unspecified atom stereocenters. The van der Waals surface area contributed by atoms with Gasteiger partial charge in [-0.25, -0.2) is 0 Å². The van der Waals surface area contributed by atoms with Gasteiger partial charge < -0.3 is 0 Å². The van der Waals surface area contributed by atoms with Crippen LogP contribution in [0.4, 0.5) is 0 Å². The number of rotatable bonds is 6. The van der Waals surface area contributed by atoms with Gasteiger partial charge in [0.05, 0.1) is 0 Å². The molecule has 3 N–H and O–H groups in total. The summed E-state index contributed by atoms with van der Waals surface area (Å²) in [6, 6.07) is 0. The van der Waals surface area contributed by atoms with Crippen molar-refractivity contribution in [2.24, 2.45) is 0 Å². The lowest BCUT2D eigenvalue weighted by Crippen LogP contribution is -1.98. The second-order valence-electron chi connectivity index (χ2n) is 2.77. The average molecular weight is 195 g/mol. The van der Waals surface area contributed by atoms with Crippen molar-refractivity contribution in [2.45, 2.75) is 32.6 Å². The lowest BCUT2D eigenvalue weighted by Gasteiger charge is -2.02. The van der Waals surface area contributed by atoms with Crippen molar-refractivity contribution >= 4 is 13.7 Å². The molecule has 4 nitrogen and oxygen atoms in total. The molecule has 0 saturated heterocycles. The van der Waals surface area contributed by atoms with E-state index in [-0.39, 0.29) is 11.9 Å². The molecule has 0 saturated carbocycles. The Bertz CT molecular complexity index is 141. The van der Waals surface area contributed by atoms with E-state index in [1.807, 2.05) is 0 Å². The Morgan fingerprint density at radius 2 is 1.83 bits per heavy atom. The van der Waals surface area contributed by atoms with Crippen LogP contribution in [0.5, 0.6) is 0 Å². The first-order valence-corrected chi connectivity index (χ1v) is 5.87. The predicted molar refractivity (Wildman–Crippen MR) is 47.6 cm³/mol. The molecule has 0 rings (SSSR count). The van der Waals surface area contributed by atoms with Gasteiger partial charge in [-0.1, -0.05) is 6.92 Å². The minimum Gasteiger partial charge on any atom is -0.300 e. The van der Waals surface area contributed by atoms with E-state index in [0.717, 1.165) is 0 Å². The quantitative estimate of drug-likeness (QED) is 0.434. The first-order valence-electron chi connectivity index (χ1n) is 4.03. The molecule has 0 aliphatic heterocycles. The SMILES string of the molecule is CCC(=O)CCCC[P+](O)(O)O. The van der Waals surface area contributed by atoms with Crippen molar-refractivity contribution < 1.29 is 19.5 Å². The van der Waals surface area contributed by atoms with Crippen LogP contribution in [0.2, 0.25) is 0 Å². The summed E-state index contributed by atoms with van der Waals surface area (Å²) in [6.07, 6.45) is 2.11. The Balaban J connectivity index is 3.28. The molecule has 72 valence electrons. The normalized spacial score (nSPS) is 11.7. The van der Waals surface area contributed by atoms with Gasteiger partial charge in [0.15, 0.2) is 0 Å². The van der Waals surface area contributed by atoms with E-state index in [4.69, 9.17) is 14.7 Å². The monoisotopic (exact) mass is 195 g/mol. The highest BCUT2D eigenvalue weighted by atomic mass is 31.2. The zero-order chi connectivity index (χ0) is 9.61. The minimum absolute atomic E-state index is 0.00396. The van der Waals surface area contributed by atoms with Crippen molar-refractivity contribution in [1.29, 1.82) is 0 Å². The van der Waals surface area contributed by atoms with E-state index in [9.17, 15) is 4.79 Å². The molecular weight excluding hydrogens is 179 g/mol. The van der Waals surface area contributed by atoms with E-state index in [1.165, 1.54) is 0 Å². The van der Waals surface area contributed by atoms with Crippen LogP contribution in [0, 0.1) is 0 Å². The Morgan fingerprint density at radius 3 is 2.25 bits per heavy atom. The Hall–Kier alpha value is -0.0200. The fraction of sp³-hybridized carbons (Fsp3) is 0.857. The second-order valence-corrected chi connectivity index (χ2v) is 4.60. The fourth-order valence-electron chi connectivity index (χ4n) is 0.823. The van der Waals surface area contributed by atoms with Crippen LogP contribution in [0.25, 0.3) is 0 Å². The van der Waals surface area contributed by atoms with Crippen molar-refractivity contribution in [1.82, 2.24) is 0 Å². The van der Waals surface area contributed by atoms with Gasteiger partial charge in [0, 0.05) is 12.8 Å². The number of unbranched alkanes of at least 4 members (excludes halogenated alkanes) is 1. The Morgan fingerprint density at radius 1 is 1.25 bits per heavy atom. The van der Waals surface area contributed by atoms with Crippen LogP contribution in [0.15, 0.2) is 0 Å². The summed E-state index contributed by atoms with van der Waals surface area (Å²) in [5.74, 6) is 0.174. The standard InChI is InChI=1S/C7H16O4P/c1-2-7(8)5-3-4-6-12(9,10)11/h9-11H,2-6H2,1H3/q+1. The molecule has 0 atom stereocenters. The summed E-state index contributed by atoms with van der Waals surface area (Å²) in [4.78, 5) is 36.5. The number of carbonyl (C=O) groups excluding carboxylic acids is 1. The molecule has 0 aromatic carbocycles. The minimum atomic E-state index is -3.60. The molecule has 0 radical (unpaired) electrons. The molecule has 0 spiro atoms. The molecule has 0 aromatic heterocycles. The smallest absolute Gasteiger partial charge is 0.300 e. The molecule has 12 heavy (non-hydrogen) atoms. The first kappa shape index (κ1) is 12.0. The average Bonchev–Trinajstić information content (AvgIpc) is 1.96. The lowest BCUT2D eigenvalue weighted by molar-refractivity contribution is -0.118. The maximum Gasteiger partial charge on any atom is 0.403 e. The molecule has 0 amide bonds. The van der Waals surface area contributed by atoms with E-state index in [0.29, 0.717) is 25.7 Å². The fourth-order valence-corrected chi connectivity index (χ4v) is 1.47. The molecule has 0 heterocycles. The molecule has 5 heteroatoms. The Kier molecular flexibility index (Phi) is 5.59. The number of hydrogen-bond acceptors (Lipinski definition) is 4. The van der Waals surface area contributed by atoms with E-state index in [1.54, 1.807) is 6.92 Å². The number of ketones is 1.